The highest BCUT2D eigenvalue weighted by atomic mass is 16.3. The fourth-order valence-electron chi connectivity index (χ4n) is 9.47. The second kappa shape index (κ2) is 8.78. The minimum atomic E-state index is -0.763. The predicted molar refractivity (Wildman–Crippen MR) is 125 cm³/mol. The summed E-state index contributed by atoms with van der Waals surface area (Å²) in [6.45, 7) is 10.7. The van der Waals surface area contributed by atoms with Crippen molar-refractivity contribution in [1.29, 1.82) is 0 Å². The lowest BCUT2D eigenvalue weighted by atomic mass is 9.43. The first kappa shape index (κ1) is 24.9. The SMILES string of the molecule is CC(C)C(O)C(O)C[C@@H](C)[C@H]1[C@@H](O)C[C@H]2[C@@H]3C[C@@H](O)[C@H]4C[C@@H](O)CC[C@]4(C)[C@H]3CC[C@]12C. The average Bonchev–Trinajstić information content (AvgIpc) is 2.99. The van der Waals surface area contributed by atoms with Gasteiger partial charge in [-0.15, -0.1) is 0 Å². The van der Waals surface area contributed by atoms with Gasteiger partial charge in [-0.1, -0.05) is 34.6 Å². The van der Waals surface area contributed by atoms with Gasteiger partial charge in [0.15, 0.2) is 0 Å². The summed E-state index contributed by atoms with van der Waals surface area (Å²) in [4.78, 5) is 0. The van der Waals surface area contributed by atoms with Gasteiger partial charge in [-0.2, -0.15) is 0 Å². The fourth-order valence-corrected chi connectivity index (χ4v) is 9.47. The summed E-state index contributed by atoms with van der Waals surface area (Å²) < 4.78 is 0. The van der Waals surface area contributed by atoms with E-state index in [1.807, 2.05) is 13.8 Å². The van der Waals surface area contributed by atoms with Crippen LogP contribution >= 0.6 is 0 Å². The van der Waals surface area contributed by atoms with Crippen molar-refractivity contribution in [2.45, 2.75) is 117 Å². The highest BCUT2D eigenvalue weighted by Crippen LogP contribution is 2.68. The van der Waals surface area contributed by atoms with Crippen molar-refractivity contribution in [2.24, 2.45) is 52.3 Å². The zero-order valence-electron chi connectivity index (χ0n) is 20.8. The van der Waals surface area contributed by atoms with Gasteiger partial charge < -0.3 is 25.5 Å². The van der Waals surface area contributed by atoms with Crippen LogP contribution < -0.4 is 0 Å². The molecule has 32 heavy (non-hydrogen) atoms. The molecule has 4 fully saturated rings. The minimum Gasteiger partial charge on any atom is -0.393 e. The van der Waals surface area contributed by atoms with Crippen LogP contribution in [0.3, 0.4) is 0 Å². The van der Waals surface area contributed by atoms with E-state index in [0.717, 1.165) is 44.9 Å². The molecule has 4 aliphatic carbocycles. The molecule has 0 amide bonds. The summed E-state index contributed by atoms with van der Waals surface area (Å²) in [5.41, 5.74) is 0.0781. The van der Waals surface area contributed by atoms with Gasteiger partial charge in [-0.05, 0) is 104 Å². The highest BCUT2D eigenvalue weighted by Gasteiger charge is 2.64. The summed E-state index contributed by atoms with van der Waals surface area (Å²) in [6, 6.07) is 0. The third-order valence-electron chi connectivity index (χ3n) is 11.1. The van der Waals surface area contributed by atoms with Crippen LogP contribution in [0, 0.1) is 52.3 Å². The van der Waals surface area contributed by atoms with Crippen LogP contribution in [0.2, 0.25) is 0 Å². The van der Waals surface area contributed by atoms with E-state index in [9.17, 15) is 25.5 Å². The van der Waals surface area contributed by atoms with Gasteiger partial charge in [0.2, 0.25) is 0 Å². The molecule has 0 aromatic heterocycles. The molecule has 0 aromatic rings. The second-order valence-corrected chi connectivity index (χ2v) is 13.1. The Morgan fingerprint density at radius 1 is 0.781 bits per heavy atom. The second-order valence-electron chi connectivity index (χ2n) is 13.1. The van der Waals surface area contributed by atoms with E-state index < -0.39 is 18.3 Å². The number of rotatable bonds is 5. The number of aliphatic hydroxyl groups is 5. The van der Waals surface area contributed by atoms with Crippen molar-refractivity contribution in [3.05, 3.63) is 0 Å². The van der Waals surface area contributed by atoms with Gasteiger partial charge in [0, 0.05) is 0 Å². The Balaban J connectivity index is 1.55. The quantitative estimate of drug-likeness (QED) is 0.440. The molecule has 0 radical (unpaired) electrons. The number of fused-ring (bicyclic) bond motifs is 5. The molecule has 4 rings (SSSR count). The van der Waals surface area contributed by atoms with E-state index in [2.05, 4.69) is 20.8 Å². The normalized spacial score (nSPS) is 51.5. The van der Waals surface area contributed by atoms with Gasteiger partial charge in [0.05, 0.1) is 30.5 Å². The minimum absolute atomic E-state index is 0.000396. The molecular formula is C27H48O5. The van der Waals surface area contributed by atoms with Crippen LogP contribution in [-0.4, -0.2) is 56.1 Å². The van der Waals surface area contributed by atoms with Crippen LogP contribution in [0.15, 0.2) is 0 Å². The van der Waals surface area contributed by atoms with E-state index in [4.69, 9.17) is 0 Å². The van der Waals surface area contributed by atoms with Crippen molar-refractivity contribution < 1.29 is 25.5 Å². The van der Waals surface area contributed by atoms with E-state index in [0.29, 0.717) is 24.2 Å². The molecule has 2 unspecified atom stereocenters. The zero-order chi connectivity index (χ0) is 23.6. The Kier molecular flexibility index (Phi) is 6.84. The van der Waals surface area contributed by atoms with Crippen molar-refractivity contribution in [1.82, 2.24) is 0 Å². The Hall–Kier alpha value is -0.200. The topological polar surface area (TPSA) is 101 Å². The maximum atomic E-state index is 11.3. The number of hydrogen-bond acceptors (Lipinski definition) is 5. The first-order valence-corrected chi connectivity index (χ1v) is 13.3. The zero-order valence-corrected chi connectivity index (χ0v) is 20.8. The van der Waals surface area contributed by atoms with Gasteiger partial charge in [0.1, 0.15) is 0 Å². The first-order chi connectivity index (χ1) is 14.9. The molecule has 0 aromatic carbocycles. The molecule has 0 bridgehead atoms. The maximum Gasteiger partial charge on any atom is 0.0822 e. The van der Waals surface area contributed by atoms with Gasteiger partial charge in [0.25, 0.3) is 0 Å². The fraction of sp³-hybridized carbons (Fsp3) is 1.00. The molecule has 13 atom stereocenters. The van der Waals surface area contributed by atoms with Crippen molar-refractivity contribution in [3.63, 3.8) is 0 Å². The molecular weight excluding hydrogens is 404 g/mol. The molecule has 186 valence electrons. The molecule has 0 spiro atoms. The molecule has 0 saturated heterocycles. The highest BCUT2D eigenvalue weighted by molar-refractivity contribution is 5.13. The lowest BCUT2D eigenvalue weighted by Crippen LogP contribution is -2.58. The molecule has 4 aliphatic rings. The van der Waals surface area contributed by atoms with E-state index in [1.54, 1.807) is 0 Å². The van der Waals surface area contributed by atoms with Gasteiger partial charge in [-0.3, -0.25) is 0 Å². The first-order valence-electron chi connectivity index (χ1n) is 13.3. The van der Waals surface area contributed by atoms with Gasteiger partial charge >= 0.3 is 0 Å². The van der Waals surface area contributed by atoms with Crippen LogP contribution in [0.1, 0.15) is 86.0 Å². The third-order valence-corrected chi connectivity index (χ3v) is 11.1. The molecule has 5 N–H and O–H groups in total. The summed E-state index contributed by atoms with van der Waals surface area (Å²) >= 11 is 0. The smallest absolute Gasteiger partial charge is 0.0822 e. The predicted octanol–water partition coefficient (Wildman–Crippen LogP) is 3.35. The number of aliphatic hydroxyl groups excluding tert-OH is 5. The Morgan fingerprint density at radius 2 is 1.44 bits per heavy atom. The average molecular weight is 453 g/mol. The molecule has 4 saturated carbocycles. The molecule has 5 heteroatoms. The lowest BCUT2D eigenvalue weighted by molar-refractivity contribution is -0.173. The summed E-state index contributed by atoms with van der Waals surface area (Å²) in [7, 11) is 0. The Labute approximate surface area is 194 Å². The monoisotopic (exact) mass is 452 g/mol. The van der Waals surface area contributed by atoms with Crippen LogP contribution in [0.5, 0.6) is 0 Å². The number of hydrogen-bond donors (Lipinski definition) is 5. The van der Waals surface area contributed by atoms with Crippen LogP contribution in [0.4, 0.5) is 0 Å². The van der Waals surface area contributed by atoms with Crippen LogP contribution in [-0.2, 0) is 0 Å². The largest absolute Gasteiger partial charge is 0.393 e. The van der Waals surface area contributed by atoms with E-state index in [-0.39, 0.29) is 46.7 Å². The summed E-state index contributed by atoms with van der Waals surface area (Å²) in [5, 5.41) is 53.6. The molecule has 5 nitrogen and oxygen atoms in total. The Morgan fingerprint density at radius 3 is 2.09 bits per heavy atom. The van der Waals surface area contributed by atoms with Crippen molar-refractivity contribution in [2.75, 3.05) is 0 Å². The summed E-state index contributed by atoms with van der Waals surface area (Å²) in [5.74, 6) is 1.78. The third kappa shape index (κ3) is 3.88. The maximum absolute atomic E-state index is 11.3. The van der Waals surface area contributed by atoms with Crippen molar-refractivity contribution in [3.8, 4) is 0 Å². The summed E-state index contributed by atoms with van der Waals surface area (Å²) in [6.07, 6.45) is 4.31. The van der Waals surface area contributed by atoms with Gasteiger partial charge in [-0.25, -0.2) is 0 Å². The molecule has 0 aliphatic heterocycles. The van der Waals surface area contributed by atoms with Crippen LogP contribution in [0.25, 0.3) is 0 Å². The Bertz CT molecular complexity index is 668. The molecule has 0 heterocycles. The lowest BCUT2D eigenvalue weighted by Gasteiger charge is -2.62. The van der Waals surface area contributed by atoms with E-state index >= 15 is 0 Å². The standard InChI is InChI=1S/C27H48O5/c1-14(2)25(32)23(31)10-15(3)24-22(30)13-19-17-12-21(29)20-11-16(28)6-8-26(20,4)18(17)7-9-27(19,24)5/h14-25,28-32H,6-13H2,1-5H3/t15-,16+,17-,18+,19+,20-,21-,22+,23?,24+,25?,26-,27+/m1/s1. The van der Waals surface area contributed by atoms with E-state index in [1.165, 1.54) is 0 Å². The van der Waals surface area contributed by atoms with Crippen molar-refractivity contribution >= 4 is 0 Å².